The first-order valence-corrected chi connectivity index (χ1v) is 10.6. The molecule has 1 saturated heterocycles. The summed E-state index contributed by atoms with van der Waals surface area (Å²) in [6.07, 6.45) is 0.675. The summed E-state index contributed by atoms with van der Waals surface area (Å²) in [5.41, 5.74) is 1.03. The quantitative estimate of drug-likeness (QED) is 0.369. The van der Waals surface area contributed by atoms with Gasteiger partial charge in [-0.1, -0.05) is 23.7 Å². The van der Waals surface area contributed by atoms with Crippen LogP contribution in [0.15, 0.2) is 48.0 Å². The maximum absolute atomic E-state index is 13.1. The molecule has 2 aromatic carbocycles. The second-order valence-corrected chi connectivity index (χ2v) is 8.18. The number of nitrogens with zero attached hydrogens (tertiary/aromatic N) is 2. The molecule has 0 bridgehead atoms. The first kappa shape index (κ1) is 23.6. The molecule has 0 aliphatic carbocycles. The van der Waals surface area contributed by atoms with Gasteiger partial charge in [0, 0.05) is 12.1 Å². The average molecular weight is 459 g/mol. The number of likely N-dealkylation sites (tertiary alicyclic amines) is 1. The summed E-state index contributed by atoms with van der Waals surface area (Å²) in [7, 11) is 6.93. The molecule has 0 radical (unpaired) electrons. The molecule has 3 rings (SSSR count). The van der Waals surface area contributed by atoms with Crippen molar-refractivity contribution in [2.75, 3.05) is 41.4 Å². The Morgan fingerprint density at radius 2 is 1.88 bits per heavy atom. The molecule has 0 saturated carbocycles. The zero-order valence-corrected chi connectivity index (χ0v) is 19.3. The van der Waals surface area contributed by atoms with Crippen molar-refractivity contribution in [1.82, 2.24) is 9.80 Å². The van der Waals surface area contributed by atoms with Crippen LogP contribution < -0.4 is 9.47 Å². The van der Waals surface area contributed by atoms with Crippen LogP contribution in [0.25, 0.3) is 5.76 Å². The van der Waals surface area contributed by atoms with E-state index in [9.17, 15) is 14.7 Å². The molecule has 1 aliphatic heterocycles. The predicted octanol–water partition coefficient (Wildman–Crippen LogP) is 3.73. The van der Waals surface area contributed by atoms with E-state index in [-0.39, 0.29) is 16.4 Å². The van der Waals surface area contributed by atoms with Crippen molar-refractivity contribution in [2.45, 2.75) is 12.5 Å². The van der Waals surface area contributed by atoms with Crippen molar-refractivity contribution in [3.05, 3.63) is 64.2 Å². The largest absolute Gasteiger partial charge is 0.507 e. The van der Waals surface area contributed by atoms with Gasteiger partial charge in [0.25, 0.3) is 11.7 Å². The lowest BCUT2D eigenvalue weighted by molar-refractivity contribution is -0.139. The van der Waals surface area contributed by atoms with Gasteiger partial charge in [0.2, 0.25) is 0 Å². The molecule has 0 spiro atoms. The molecule has 32 heavy (non-hydrogen) atoms. The Bertz CT molecular complexity index is 1050. The summed E-state index contributed by atoms with van der Waals surface area (Å²) in [5, 5.41) is 11.4. The second-order valence-electron chi connectivity index (χ2n) is 7.78. The molecule has 0 aromatic heterocycles. The van der Waals surface area contributed by atoms with E-state index in [1.807, 2.05) is 25.1 Å². The van der Waals surface area contributed by atoms with Gasteiger partial charge >= 0.3 is 0 Å². The predicted molar refractivity (Wildman–Crippen MR) is 123 cm³/mol. The number of carbonyl (C=O) groups excluding carboxylic acids is 2. The summed E-state index contributed by atoms with van der Waals surface area (Å²) >= 11 is 6.22. The minimum atomic E-state index is -0.742. The number of hydrogen-bond acceptors (Lipinski definition) is 6. The number of ether oxygens (including phenoxy) is 2. The molecular formula is C24H27ClN2O5. The summed E-state index contributed by atoms with van der Waals surface area (Å²) in [5.74, 6) is -0.619. The van der Waals surface area contributed by atoms with E-state index in [4.69, 9.17) is 21.1 Å². The summed E-state index contributed by atoms with van der Waals surface area (Å²) in [6.45, 7) is 1.12. The van der Waals surface area contributed by atoms with Crippen molar-refractivity contribution >= 4 is 29.1 Å². The molecular weight excluding hydrogens is 432 g/mol. The number of methoxy groups -OCH3 is 2. The number of amides is 1. The minimum Gasteiger partial charge on any atom is -0.507 e. The van der Waals surface area contributed by atoms with Gasteiger partial charge in [-0.15, -0.1) is 0 Å². The molecule has 1 fully saturated rings. The number of benzene rings is 2. The Labute approximate surface area is 192 Å². The topological polar surface area (TPSA) is 79.3 Å². The third-order valence-corrected chi connectivity index (χ3v) is 5.67. The van der Waals surface area contributed by atoms with Gasteiger partial charge in [-0.2, -0.15) is 0 Å². The van der Waals surface area contributed by atoms with Crippen LogP contribution in [-0.4, -0.2) is 68.0 Å². The molecule has 2 aromatic rings. The highest BCUT2D eigenvalue weighted by Gasteiger charge is 2.45. The molecule has 170 valence electrons. The number of ketones is 1. The van der Waals surface area contributed by atoms with Crippen LogP contribution in [-0.2, 0) is 9.59 Å². The van der Waals surface area contributed by atoms with E-state index in [0.717, 1.165) is 6.54 Å². The number of Topliss-reactive ketones (excluding diaryl/α,β-unsaturated/α-hetero) is 1. The number of carbonyl (C=O) groups is 2. The van der Waals surface area contributed by atoms with Crippen LogP contribution in [0, 0.1) is 0 Å². The lowest BCUT2D eigenvalue weighted by atomic mass is 9.95. The molecule has 1 N–H and O–H groups in total. The monoisotopic (exact) mass is 458 g/mol. The van der Waals surface area contributed by atoms with Crippen LogP contribution in [0.4, 0.5) is 0 Å². The molecule has 1 atom stereocenters. The molecule has 1 heterocycles. The zero-order valence-electron chi connectivity index (χ0n) is 18.6. The van der Waals surface area contributed by atoms with Gasteiger partial charge in [0.05, 0.1) is 30.9 Å². The van der Waals surface area contributed by atoms with Crippen LogP contribution >= 0.6 is 11.6 Å². The highest BCUT2D eigenvalue weighted by atomic mass is 35.5. The van der Waals surface area contributed by atoms with E-state index in [1.165, 1.54) is 18.1 Å². The van der Waals surface area contributed by atoms with Crippen LogP contribution in [0.2, 0.25) is 5.02 Å². The van der Waals surface area contributed by atoms with Gasteiger partial charge in [-0.05, 0) is 63.0 Å². The van der Waals surface area contributed by atoms with E-state index in [0.29, 0.717) is 35.6 Å². The lowest BCUT2D eigenvalue weighted by Crippen LogP contribution is -2.32. The van der Waals surface area contributed by atoms with Crippen molar-refractivity contribution in [1.29, 1.82) is 0 Å². The Morgan fingerprint density at radius 3 is 2.50 bits per heavy atom. The van der Waals surface area contributed by atoms with Crippen LogP contribution in [0.5, 0.6) is 11.5 Å². The fourth-order valence-electron chi connectivity index (χ4n) is 3.80. The number of hydrogen-bond donors (Lipinski definition) is 1. The summed E-state index contributed by atoms with van der Waals surface area (Å²) in [4.78, 5) is 29.6. The molecule has 1 amide bonds. The fourth-order valence-corrected chi connectivity index (χ4v) is 4.05. The summed E-state index contributed by atoms with van der Waals surface area (Å²) < 4.78 is 10.5. The standard InChI is InChI=1S/C24H27ClN2O5/c1-26(2)11-6-12-27-21(15-7-5-8-17(13-15)31-3)20(23(29)24(27)30)22(28)16-9-10-19(32-4)18(25)14-16/h5,7-10,13-14,21,28H,6,11-12H2,1-4H3/b22-20+/t21-/m0/s1. The third-order valence-electron chi connectivity index (χ3n) is 5.38. The van der Waals surface area contributed by atoms with Crippen molar-refractivity contribution < 1.29 is 24.2 Å². The maximum Gasteiger partial charge on any atom is 0.295 e. The smallest absolute Gasteiger partial charge is 0.295 e. The van der Waals surface area contributed by atoms with Crippen LogP contribution in [0.3, 0.4) is 0 Å². The highest BCUT2D eigenvalue weighted by molar-refractivity contribution is 6.46. The number of aliphatic hydroxyl groups is 1. The van der Waals surface area contributed by atoms with E-state index >= 15 is 0 Å². The first-order chi connectivity index (χ1) is 15.3. The van der Waals surface area contributed by atoms with Gasteiger partial charge in [-0.25, -0.2) is 0 Å². The van der Waals surface area contributed by atoms with Crippen molar-refractivity contribution in [3.8, 4) is 11.5 Å². The van der Waals surface area contributed by atoms with E-state index in [1.54, 1.807) is 37.4 Å². The van der Waals surface area contributed by atoms with Crippen molar-refractivity contribution in [3.63, 3.8) is 0 Å². The highest BCUT2D eigenvalue weighted by Crippen LogP contribution is 2.41. The van der Waals surface area contributed by atoms with E-state index < -0.39 is 17.7 Å². The van der Waals surface area contributed by atoms with Gasteiger partial charge in [0.15, 0.2) is 0 Å². The third kappa shape index (κ3) is 4.74. The molecule has 1 aliphatic rings. The Balaban J connectivity index is 2.12. The molecule has 7 nitrogen and oxygen atoms in total. The van der Waals surface area contributed by atoms with Gasteiger partial charge < -0.3 is 24.4 Å². The van der Waals surface area contributed by atoms with E-state index in [2.05, 4.69) is 0 Å². The normalized spacial score (nSPS) is 17.8. The zero-order chi connectivity index (χ0) is 23.4. The number of halogens is 1. The molecule has 8 heteroatoms. The Morgan fingerprint density at radius 1 is 1.12 bits per heavy atom. The second kappa shape index (κ2) is 10.1. The summed E-state index contributed by atoms with van der Waals surface area (Å²) in [6, 6.07) is 11.1. The molecule has 0 unspecified atom stereocenters. The lowest BCUT2D eigenvalue weighted by Gasteiger charge is -2.26. The van der Waals surface area contributed by atoms with Crippen molar-refractivity contribution in [2.24, 2.45) is 0 Å². The SMILES string of the molecule is COc1cccc([C@H]2/C(=C(\O)c3ccc(OC)c(Cl)c3)C(=O)C(=O)N2CCCN(C)C)c1. The number of aliphatic hydroxyl groups excluding tert-OH is 1. The van der Waals surface area contributed by atoms with Gasteiger partial charge in [0.1, 0.15) is 17.3 Å². The average Bonchev–Trinajstić information content (AvgIpc) is 3.03. The van der Waals surface area contributed by atoms with Gasteiger partial charge in [-0.3, -0.25) is 9.59 Å². The Kier molecular flexibility index (Phi) is 7.43. The fraction of sp³-hybridized carbons (Fsp3) is 0.333. The first-order valence-electron chi connectivity index (χ1n) is 10.2. The number of rotatable bonds is 8. The van der Waals surface area contributed by atoms with Crippen LogP contribution in [0.1, 0.15) is 23.6 Å². The Hall–Kier alpha value is -3.03. The minimum absolute atomic E-state index is 0.0225. The maximum atomic E-state index is 13.1.